The molecule has 1 aliphatic rings. The van der Waals surface area contributed by atoms with Crippen molar-refractivity contribution in [1.82, 2.24) is 10.2 Å². The Morgan fingerprint density at radius 2 is 1.57 bits per heavy atom. The number of nitrogens with zero attached hydrogens (tertiary/aromatic N) is 1. The van der Waals surface area contributed by atoms with Gasteiger partial charge in [-0.05, 0) is 65.9 Å². The van der Waals surface area contributed by atoms with Gasteiger partial charge in [0.1, 0.15) is 0 Å². The van der Waals surface area contributed by atoms with Crippen molar-refractivity contribution in [2.24, 2.45) is 0 Å². The summed E-state index contributed by atoms with van der Waals surface area (Å²) in [4.78, 5) is 25.1. The highest BCUT2D eigenvalue weighted by Gasteiger charge is 2.34. The maximum absolute atomic E-state index is 12.2. The summed E-state index contributed by atoms with van der Waals surface area (Å²) >= 11 is 0. The number of hydrogen-bond acceptors (Lipinski definition) is 7. The number of aliphatic hydroxyl groups excluding tert-OH is 2. The predicted molar refractivity (Wildman–Crippen MR) is 187 cm³/mol. The summed E-state index contributed by atoms with van der Waals surface area (Å²) < 4.78 is 13.2. The molecule has 5 rings (SSSR count). The Morgan fingerprint density at radius 3 is 2.29 bits per heavy atom. The Hall–Kier alpha value is -4.38. The summed E-state index contributed by atoms with van der Waals surface area (Å²) in [7, 11) is 2.00. The first-order valence-corrected chi connectivity index (χ1v) is 16.8. The number of benzene rings is 4. The largest absolute Gasteiger partial charge is 0.481 e. The molecule has 1 heterocycles. The highest BCUT2D eigenvalue weighted by molar-refractivity contribution is 5.76. The zero-order valence-electron chi connectivity index (χ0n) is 28.1. The van der Waals surface area contributed by atoms with Gasteiger partial charge in [0.25, 0.3) is 0 Å². The predicted octanol–water partition coefficient (Wildman–Crippen LogP) is 6.32. The Labute approximate surface area is 288 Å². The van der Waals surface area contributed by atoms with Gasteiger partial charge in [0.2, 0.25) is 5.91 Å². The first-order chi connectivity index (χ1) is 23.7. The van der Waals surface area contributed by atoms with E-state index >= 15 is 0 Å². The van der Waals surface area contributed by atoms with Crippen LogP contribution in [0.25, 0.3) is 11.1 Å². The maximum Gasteiger partial charge on any atom is 0.303 e. The maximum atomic E-state index is 12.2. The van der Waals surface area contributed by atoms with Gasteiger partial charge in [-0.3, -0.25) is 14.5 Å². The number of carboxylic acid groups (broad SMARTS) is 1. The van der Waals surface area contributed by atoms with Gasteiger partial charge in [-0.2, -0.15) is 0 Å². The van der Waals surface area contributed by atoms with Gasteiger partial charge in [-0.1, -0.05) is 91.0 Å². The Morgan fingerprint density at radius 1 is 0.857 bits per heavy atom. The first kappa shape index (κ1) is 35.9. The molecule has 4 aromatic carbocycles. The van der Waals surface area contributed by atoms with Gasteiger partial charge in [-0.25, -0.2) is 0 Å². The summed E-state index contributed by atoms with van der Waals surface area (Å²) in [6.07, 6.45) is -0.660. The normalized spacial score (nSPS) is 18.9. The lowest BCUT2D eigenvalue weighted by atomic mass is 9.97. The van der Waals surface area contributed by atoms with Crippen LogP contribution in [-0.4, -0.2) is 57.8 Å². The van der Waals surface area contributed by atoms with Crippen molar-refractivity contribution in [3.63, 3.8) is 0 Å². The lowest BCUT2D eigenvalue weighted by molar-refractivity contribution is -0.253. The van der Waals surface area contributed by atoms with Crippen LogP contribution in [0, 0.1) is 0 Å². The molecule has 1 amide bonds. The van der Waals surface area contributed by atoms with E-state index in [1.807, 2.05) is 111 Å². The fourth-order valence-electron chi connectivity index (χ4n) is 6.11. The van der Waals surface area contributed by atoms with Gasteiger partial charge in [0, 0.05) is 44.0 Å². The summed E-state index contributed by atoms with van der Waals surface area (Å²) in [5.41, 5.74) is 6.46. The molecule has 0 radical (unpaired) electrons. The number of likely N-dealkylation sites (N-methyl/N-ethyl adjacent to an activating group) is 1. The van der Waals surface area contributed by atoms with E-state index in [4.69, 9.17) is 14.6 Å². The lowest BCUT2D eigenvalue weighted by Crippen LogP contribution is -2.43. The van der Waals surface area contributed by atoms with Crippen LogP contribution in [-0.2, 0) is 32.2 Å². The van der Waals surface area contributed by atoms with Gasteiger partial charge >= 0.3 is 5.97 Å². The molecule has 258 valence electrons. The number of hydrogen-bond donors (Lipinski definition) is 4. The minimum Gasteiger partial charge on any atom is -0.481 e. The van der Waals surface area contributed by atoms with E-state index in [2.05, 4.69) is 16.3 Å². The molecule has 49 heavy (non-hydrogen) atoms. The SMILES string of the molecule is C[C@H]([C@@H](O)c1ccccc1)N(C)C[C@@H]1C[C@H](c2ccc(CO)cc2)O[C@H](c2cccc(-c3cccc(CNC(=O)CCCC(=O)O)c3)c2)O1. The van der Waals surface area contributed by atoms with E-state index in [1.54, 1.807) is 0 Å². The quantitative estimate of drug-likeness (QED) is 0.116. The third-order valence-corrected chi connectivity index (χ3v) is 9.10. The van der Waals surface area contributed by atoms with Crippen LogP contribution in [0.5, 0.6) is 0 Å². The number of aliphatic hydroxyl groups is 2. The number of aliphatic carboxylic acids is 1. The number of carbonyl (C=O) groups excluding carboxylic acids is 1. The monoisotopic (exact) mass is 666 g/mol. The number of carboxylic acids is 1. The van der Waals surface area contributed by atoms with Crippen molar-refractivity contribution < 1.29 is 34.4 Å². The minimum absolute atomic E-state index is 0.0280. The van der Waals surface area contributed by atoms with Gasteiger partial charge in [0.05, 0.1) is 24.9 Å². The second-order valence-corrected chi connectivity index (χ2v) is 12.7. The van der Waals surface area contributed by atoms with Crippen molar-refractivity contribution in [1.29, 1.82) is 0 Å². The van der Waals surface area contributed by atoms with Crippen molar-refractivity contribution >= 4 is 11.9 Å². The van der Waals surface area contributed by atoms with Crippen molar-refractivity contribution in [3.05, 3.63) is 131 Å². The lowest BCUT2D eigenvalue weighted by Gasteiger charge is -2.39. The average Bonchev–Trinajstić information content (AvgIpc) is 3.13. The topological polar surface area (TPSA) is 129 Å². The van der Waals surface area contributed by atoms with E-state index in [0.29, 0.717) is 25.9 Å². The Kier molecular flexibility index (Phi) is 12.7. The Balaban J connectivity index is 1.32. The third kappa shape index (κ3) is 10.1. The number of ether oxygens (including phenoxy) is 2. The molecule has 0 aliphatic carbocycles. The van der Waals surface area contributed by atoms with E-state index < -0.39 is 18.4 Å². The summed E-state index contributed by atoms with van der Waals surface area (Å²) in [6.45, 7) is 2.92. The van der Waals surface area contributed by atoms with Crippen LogP contribution in [0.4, 0.5) is 0 Å². The second-order valence-electron chi connectivity index (χ2n) is 12.7. The van der Waals surface area contributed by atoms with E-state index in [1.165, 1.54) is 0 Å². The molecule has 0 aromatic heterocycles. The van der Waals surface area contributed by atoms with Crippen LogP contribution >= 0.6 is 0 Å². The smallest absolute Gasteiger partial charge is 0.303 e. The number of amides is 1. The first-order valence-electron chi connectivity index (χ1n) is 16.8. The Bertz CT molecular complexity index is 1660. The molecule has 4 aromatic rings. The third-order valence-electron chi connectivity index (χ3n) is 9.10. The molecule has 0 spiro atoms. The molecule has 1 fully saturated rings. The van der Waals surface area contributed by atoms with Gasteiger partial charge < -0.3 is 30.1 Å². The molecule has 5 atom stereocenters. The van der Waals surface area contributed by atoms with Gasteiger partial charge in [-0.15, -0.1) is 0 Å². The van der Waals surface area contributed by atoms with E-state index in [0.717, 1.165) is 38.9 Å². The number of nitrogens with one attached hydrogen (secondary N) is 1. The summed E-state index contributed by atoms with van der Waals surface area (Å²) in [6, 6.07) is 33.3. The fraction of sp³-hybridized carbons (Fsp3) is 0.350. The zero-order chi connectivity index (χ0) is 34.8. The molecule has 9 heteroatoms. The number of rotatable bonds is 15. The van der Waals surface area contributed by atoms with Crippen LogP contribution < -0.4 is 5.32 Å². The average molecular weight is 667 g/mol. The van der Waals surface area contributed by atoms with Crippen molar-refractivity contribution in [3.8, 4) is 11.1 Å². The number of carbonyl (C=O) groups is 2. The highest BCUT2D eigenvalue weighted by Crippen LogP contribution is 2.39. The van der Waals surface area contributed by atoms with E-state index in [-0.39, 0.29) is 43.6 Å². The molecule has 1 saturated heterocycles. The molecule has 0 bridgehead atoms. The molecule has 1 aliphatic heterocycles. The summed E-state index contributed by atoms with van der Waals surface area (Å²) in [5, 5.41) is 32.4. The van der Waals surface area contributed by atoms with Crippen molar-refractivity contribution in [2.45, 2.75) is 76.4 Å². The zero-order valence-corrected chi connectivity index (χ0v) is 28.1. The van der Waals surface area contributed by atoms with Crippen LogP contribution in [0.15, 0.2) is 103 Å². The molecule has 4 N–H and O–H groups in total. The molecule has 9 nitrogen and oxygen atoms in total. The molecular weight excluding hydrogens is 620 g/mol. The molecular formula is C40H46N2O7. The minimum atomic E-state index is -0.907. The molecule has 0 unspecified atom stereocenters. The fourth-order valence-corrected chi connectivity index (χ4v) is 6.11. The van der Waals surface area contributed by atoms with Crippen LogP contribution in [0.2, 0.25) is 0 Å². The highest BCUT2D eigenvalue weighted by atomic mass is 16.7. The van der Waals surface area contributed by atoms with E-state index in [9.17, 15) is 19.8 Å². The van der Waals surface area contributed by atoms with Crippen molar-refractivity contribution in [2.75, 3.05) is 13.6 Å². The van der Waals surface area contributed by atoms with Gasteiger partial charge in [0.15, 0.2) is 6.29 Å². The van der Waals surface area contributed by atoms with Crippen LogP contribution in [0.3, 0.4) is 0 Å². The molecule has 0 saturated carbocycles. The summed E-state index contributed by atoms with van der Waals surface area (Å²) in [5.74, 6) is -1.08. The standard InChI is InChI=1S/C40H46N2O7/c1-27(39(47)31-10-4-3-5-11-31)42(2)25-35-23-36(30-19-17-28(26-43)18-20-30)49-40(48-35)34-14-7-13-33(22-34)32-12-6-9-29(21-32)24-41-37(44)15-8-16-38(45)46/h3-7,9-14,17-22,27,35-36,39-40,43,47H,8,15-16,23-26H2,1-2H3,(H,41,44)(H,45,46)/t27-,35+,36-,39-,40-/m1/s1. The second kappa shape index (κ2) is 17.3. The van der Waals surface area contributed by atoms with Crippen LogP contribution in [0.1, 0.15) is 78.9 Å².